The summed E-state index contributed by atoms with van der Waals surface area (Å²) in [6.07, 6.45) is 10.4. The Morgan fingerprint density at radius 1 is 1.11 bits per heavy atom. The fraction of sp³-hybridized carbons (Fsp3) is 0.694. The van der Waals surface area contributed by atoms with E-state index in [4.69, 9.17) is 18.9 Å². The van der Waals surface area contributed by atoms with Crippen LogP contribution in [0.25, 0.3) is 0 Å². The molecule has 3 saturated heterocycles. The van der Waals surface area contributed by atoms with Gasteiger partial charge in [0.1, 0.15) is 29.8 Å². The van der Waals surface area contributed by atoms with Crippen molar-refractivity contribution < 1.29 is 39.1 Å². The second kappa shape index (κ2) is 13.0. The van der Waals surface area contributed by atoms with E-state index in [0.717, 1.165) is 12.0 Å². The highest BCUT2D eigenvalue weighted by atomic mass is 16.7. The highest BCUT2D eigenvalue weighted by Gasteiger charge is 2.60. The molecule has 11 unspecified atom stereocenters. The molecule has 0 amide bonds. The number of allylic oxidation sites excluding steroid dienone is 5. The minimum Gasteiger partial charge on any atom is -0.462 e. The van der Waals surface area contributed by atoms with Gasteiger partial charge in [-0.1, -0.05) is 69.7 Å². The van der Waals surface area contributed by atoms with Crippen LogP contribution in [0.5, 0.6) is 0 Å². The monoisotopic (exact) mass is 612 g/mol. The number of rotatable bonds is 2. The smallest absolute Gasteiger partial charge is 0.316 e. The van der Waals surface area contributed by atoms with E-state index in [1.165, 1.54) is 5.57 Å². The number of aliphatic hydroxyl groups excluding tert-OH is 2. The molecule has 8 nitrogen and oxygen atoms in total. The highest BCUT2D eigenvalue weighted by Crippen LogP contribution is 2.47. The van der Waals surface area contributed by atoms with E-state index < -0.39 is 47.7 Å². The summed E-state index contributed by atoms with van der Waals surface area (Å²) < 4.78 is 25.7. The summed E-state index contributed by atoms with van der Waals surface area (Å²) in [7, 11) is 0. The lowest BCUT2D eigenvalue weighted by atomic mass is 9.71. The first-order valence-electron chi connectivity index (χ1n) is 16.4. The van der Waals surface area contributed by atoms with Gasteiger partial charge in [-0.05, 0) is 62.2 Å². The molecule has 8 heteroatoms. The van der Waals surface area contributed by atoms with Crippen molar-refractivity contribution in [1.82, 2.24) is 0 Å². The molecule has 4 aliphatic heterocycles. The Kier molecular flexibility index (Phi) is 9.82. The second-order valence-corrected chi connectivity index (χ2v) is 14.4. The van der Waals surface area contributed by atoms with Crippen LogP contribution < -0.4 is 0 Å². The van der Waals surface area contributed by atoms with E-state index >= 15 is 0 Å². The predicted molar refractivity (Wildman–Crippen MR) is 167 cm³/mol. The molecule has 0 saturated carbocycles. The van der Waals surface area contributed by atoms with Crippen molar-refractivity contribution in [1.29, 1.82) is 0 Å². The van der Waals surface area contributed by atoms with E-state index in [-0.39, 0.29) is 43.5 Å². The van der Waals surface area contributed by atoms with Gasteiger partial charge in [0.2, 0.25) is 0 Å². The topological polar surface area (TPSA) is 115 Å². The fourth-order valence-corrected chi connectivity index (χ4v) is 7.85. The van der Waals surface area contributed by atoms with Crippen molar-refractivity contribution >= 4 is 5.97 Å². The summed E-state index contributed by atoms with van der Waals surface area (Å²) >= 11 is 0. The van der Waals surface area contributed by atoms with Gasteiger partial charge in [-0.2, -0.15) is 0 Å². The molecule has 1 spiro atoms. The first-order chi connectivity index (χ1) is 20.7. The van der Waals surface area contributed by atoms with Crippen molar-refractivity contribution in [3.63, 3.8) is 0 Å². The molecule has 0 aromatic rings. The molecule has 0 aromatic heterocycles. The first kappa shape index (κ1) is 33.3. The molecular weight excluding hydrogens is 560 g/mol. The van der Waals surface area contributed by atoms with Crippen LogP contribution in [0.4, 0.5) is 0 Å². The summed E-state index contributed by atoms with van der Waals surface area (Å²) in [6.45, 7) is 14.4. The van der Waals surface area contributed by atoms with Crippen molar-refractivity contribution in [3.05, 3.63) is 58.7 Å². The van der Waals surface area contributed by atoms with E-state index in [0.29, 0.717) is 29.9 Å². The fourth-order valence-electron chi connectivity index (χ4n) is 7.85. The van der Waals surface area contributed by atoms with Crippen LogP contribution in [-0.2, 0) is 23.7 Å². The Labute approximate surface area is 262 Å². The van der Waals surface area contributed by atoms with Crippen LogP contribution in [0.1, 0.15) is 80.6 Å². The zero-order valence-corrected chi connectivity index (χ0v) is 27.4. The third-order valence-corrected chi connectivity index (χ3v) is 10.1. The van der Waals surface area contributed by atoms with Crippen LogP contribution in [-0.4, -0.2) is 75.9 Å². The van der Waals surface area contributed by atoms with Gasteiger partial charge in [-0.15, -0.1) is 0 Å². The molecule has 44 heavy (non-hydrogen) atoms. The Morgan fingerprint density at radius 3 is 2.59 bits per heavy atom. The van der Waals surface area contributed by atoms with Crippen molar-refractivity contribution in [2.24, 2.45) is 23.7 Å². The van der Waals surface area contributed by atoms with Crippen LogP contribution in [0.2, 0.25) is 0 Å². The van der Waals surface area contributed by atoms with Gasteiger partial charge in [-0.3, -0.25) is 4.79 Å². The lowest BCUT2D eigenvalue weighted by molar-refractivity contribution is -0.342. The summed E-state index contributed by atoms with van der Waals surface area (Å²) in [5, 5.41) is 34.3. The van der Waals surface area contributed by atoms with Gasteiger partial charge in [0.05, 0.1) is 24.9 Å². The van der Waals surface area contributed by atoms with Crippen LogP contribution in [0, 0.1) is 23.7 Å². The van der Waals surface area contributed by atoms with Crippen LogP contribution in [0.15, 0.2) is 58.7 Å². The van der Waals surface area contributed by atoms with E-state index in [1.807, 2.05) is 26.0 Å². The highest BCUT2D eigenvalue weighted by molar-refractivity contribution is 5.78. The van der Waals surface area contributed by atoms with Gasteiger partial charge in [-0.25, -0.2) is 0 Å². The molecular formula is C36H52O8. The predicted octanol–water partition coefficient (Wildman–Crippen LogP) is 5.09. The molecule has 0 aromatic carbocycles. The molecule has 5 aliphatic rings. The Balaban J connectivity index is 1.52. The van der Waals surface area contributed by atoms with Gasteiger partial charge in [0.25, 0.3) is 0 Å². The maximum atomic E-state index is 14.0. The molecule has 2 bridgehead atoms. The third-order valence-electron chi connectivity index (χ3n) is 10.1. The van der Waals surface area contributed by atoms with Gasteiger partial charge >= 0.3 is 5.97 Å². The third kappa shape index (κ3) is 6.58. The molecule has 4 heterocycles. The number of fused-ring (bicyclic) bond motifs is 2. The van der Waals surface area contributed by atoms with E-state index in [2.05, 4.69) is 45.9 Å². The number of hydrogen-bond donors (Lipinski definition) is 3. The SMILES string of the molecule is CC1=CC2C(=O)OC3CC(C/C=C(\C)CC(C)/C=C/C=C4\COC(C1O)C42O)OC1(C3)CC(O)C(C)C(/C(C)=C/C(C)C)O1. The van der Waals surface area contributed by atoms with Gasteiger partial charge in [0.15, 0.2) is 5.79 Å². The average molecular weight is 613 g/mol. The molecule has 244 valence electrons. The Morgan fingerprint density at radius 2 is 1.86 bits per heavy atom. The molecule has 11 atom stereocenters. The zero-order valence-electron chi connectivity index (χ0n) is 27.4. The maximum absolute atomic E-state index is 14.0. The molecule has 3 fully saturated rings. The normalized spacial score (nSPS) is 46.8. The number of carbonyl (C=O) groups excluding carboxylic acids is 1. The molecule has 1 aliphatic carbocycles. The molecule has 3 N–H and O–H groups in total. The summed E-state index contributed by atoms with van der Waals surface area (Å²) in [4.78, 5) is 14.0. The first-order valence-corrected chi connectivity index (χ1v) is 16.4. The number of hydrogen-bond acceptors (Lipinski definition) is 8. The lowest BCUT2D eigenvalue weighted by Crippen LogP contribution is -2.59. The number of esters is 1. The average Bonchev–Trinajstić information content (AvgIpc) is 3.27. The summed E-state index contributed by atoms with van der Waals surface area (Å²) in [6, 6.07) is 0. The molecule has 0 radical (unpaired) electrons. The van der Waals surface area contributed by atoms with Crippen LogP contribution in [0.3, 0.4) is 0 Å². The minimum absolute atomic E-state index is 0.109. The van der Waals surface area contributed by atoms with E-state index in [1.54, 1.807) is 13.0 Å². The largest absolute Gasteiger partial charge is 0.462 e. The van der Waals surface area contributed by atoms with Crippen LogP contribution >= 0.6 is 0 Å². The number of aliphatic hydroxyl groups is 3. The number of carbonyl (C=O) groups is 1. The summed E-state index contributed by atoms with van der Waals surface area (Å²) in [5.41, 5.74) is 1.64. The van der Waals surface area contributed by atoms with Crippen molar-refractivity contribution in [2.45, 2.75) is 129 Å². The Bertz CT molecular complexity index is 1240. The zero-order chi connectivity index (χ0) is 32.0. The van der Waals surface area contributed by atoms with Gasteiger partial charge in [0, 0.05) is 25.2 Å². The van der Waals surface area contributed by atoms with E-state index in [9.17, 15) is 20.1 Å². The summed E-state index contributed by atoms with van der Waals surface area (Å²) in [5.74, 6) is -2.31. The minimum atomic E-state index is -1.74. The maximum Gasteiger partial charge on any atom is 0.316 e. The lowest BCUT2D eigenvalue weighted by Gasteiger charge is -2.51. The second-order valence-electron chi connectivity index (χ2n) is 14.4. The van der Waals surface area contributed by atoms with Crippen molar-refractivity contribution in [2.75, 3.05) is 6.61 Å². The number of ether oxygens (including phenoxy) is 4. The van der Waals surface area contributed by atoms with Crippen molar-refractivity contribution in [3.8, 4) is 0 Å². The quantitative estimate of drug-likeness (QED) is 0.292. The van der Waals surface area contributed by atoms with Gasteiger partial charge < -0.3 is 34.3 Å². The molecule has 5 rings (SSSR count). The standard InChI is InChI=1S/C36H52O8/c1-20(2)13-24(6)32-25(7)30(37)18-35(44-32)17-28-16-27(43-35)12-11-22(4)14-21(3)9-8-10-26-19-41-33-31(38)23(5)15-29(34(39)42-28)36(26,33)40/h8-11,13,15,20-21,25,27-33,37-38,40H,12,14,16-19H2,1-7H3/b9-8+,22-11+,24-13+,26-10+. The Hall–Kier alpha value is -2.07.